The van der Waals surface area contributed by atoms with Crippen LogP contribution in [-0.2, 0) is 6.54 Å². The Morgan fingerprint density at radius 3 is 2.96 bits per heavy atom. The van der Waals surface area contributed by atoms with Crippen molar-refractivity contribution >= 4 is 5.82 Å². The average Bonchev–Trinajstić information content (AvgIpc) is 3.38. The molecule has 7 heteroatoms. The van der Waals surface area contributed by atoms with E-state index < -0.39 is 0 Å². The lowest BCUT2D eigenvalue weighted by Crippen LogP contribution is -2.26. The van der Waals surface area contributed by atoms with Gasteiger partial charge in [-0.15, -0.1) is 0 Å². The third kappa shape index (κ3) is 3.71. The van der Waals surface area contributed by atoms with Gasteiger partial charge >= 0.3 is 0 Å². The minimum Gasteiger partial charge on any atom is -0.485 e. The molecule has 2 aromatic heterocycles. The second-order valence-electron chi connectivity index (χ2n) is 6.62. The van der Waals surface area contributed by atoms with E-state index in [-0.39, 0.29) is 6.10 Å². The lowest BCUT2D eigenvalue weighted by Gasteiger charge is -2.22. The van der Waals surface area contributed by atoms with Crippen molar-refractivity contribution in [2.24, 2.45) is 0 Å². The largest absolute Gasteiger partial charge is 0.485 e. The van der Waals surface area contributed by atoms with E-state index in [0.717, 1.165) is 56.5 Å². The summed E-state index contributed by atoms with van der Waals surface area (Å²) in [6.07, 6.45) is 5.48. The fraction of sp³-hybridized carbons (Fsp3) is 0.556. The van der Waals surface area contributed by atoms with Crippen molar-refractivity contribution in [3.05, 3.63) is 30.2 Å². The third-order valence-electron chi connectivity index (χ3n) is 4.81. The zero-order valence-corrected chi connectivity index (χ0v) is 14.6. The summed E-state index contributed by atoms with van der Waals surface area (Å²) in [7, 11) is 1.59. The van der Waals surface area contributed by atoms with E-state index in [0.29, 0.717) is 5.88 Å². The van der Waals surface area contributed by atoms with Crippen LogP contribution in [0.15, 0.2) is 28.9 Å². The fourth-order valence-corrected chi connectivity index (χ4v) is 3.54. The molecule has 7 nitrogen and oxygen atoms in total. The molecule has 2 aliphatic heterocycles. The first-order chi connectivity index (χ1) is 12.3. The quantitative estimate of drug-likeness (QED) is 0.797. The average molecular weight is 344 g/mol. The van der Waals surface area contributed by atoms with Gasteiger partial charge in [-0.2, -0.15) is 0 Å². The first-order valence-corrected chi connectivity index (χ1v) is 8.90. The molecule has 2 saturated heterocycles. The van der Waals surface area contributed by atoms with Crippen LogP contribution in [0, 0.1) is 0 Å². The highest BCUT2D eigenvalue weighted by molar-refractivity contribution is 5.52. The highest BCUT2D eigenvalue weighted by Crippen LogP contribution is 2.30. The van der Waals surface area contributed by atoms with Crippen LogP contribution in [0.4, 0.5) is 5.82 Å². The van der Waals surface area contributed by atoms with E-state index >= 15 is 0 Å². The van der Waals surface area contributed by atoms with Crippen LogP contribution in [-0.4, -0.2) is 54.4 Å². The number of rotatable bonds is 6. The van der Waals surface area contributed by atoms with Crippen molar-refractivity contribution in [2.45, 2.75) is 31.9 Å². The molecular weight excluding hydrogens is 320 g/mol. The summed E-state index contributed by atoms with van der Waals surface area (Å²) in [4.78, 5) is 9.19. The lowest BCUT2D eigenvalue weighted by atomic mass is 10.3. The predicted octanol–water partition coefficient (Wildman–Crippen LogP) is 2.33. The normalized spacial score (nSPS) is 21.0. The Balaban J connectivity index is 1.36. The molecule has 0 spiro atoms. The predicted molar refractivity (Wildman–Crippen MR) is 93.0 cm³/mol. The van der Waals surface area contributed by atoms with Crippen molar-refractivity contribution in [2.75, 3.05) is 38.2 Å². The van der Waals surface area contributed by atoms with E-state index in [9.17, 15) is 0 Å². The van der Waals surface area contributed by atoms with Gasteiger partial charge in [0, 0.05) is 38.4 Å². The second kappa shape index (κ2) is 7.31. The number of ether oxygens (including phenoxy) is 2. The maximum atomic E-state index is 6.30. The Hall–Kier alpha value is -2.28. The molecule has 4 heterocycles. The second-order valence-corrected chi connectivity index (χ2v) is 6.62. The number of anilines is 1. The molecule has 2 aromatic rings. The first-order valence-electron chi connectivity index (χ1n) is 8.90. The van der Waals surface area contributed by atoms with Gasteiger partial charge in [0.25, 0.3) is 5.88 Å². The molecule has 0 bridgehead atoms. The van der Waals surface area contributed by atoms with Crippen molar-refractivity contribution in [1.29, 1.82) is 0 Å². The smallest absolute Gasteiger partial charge is 0.254 e. The number of likely N-dealkylation sites (tertiary alicyclic amines) is 1. The highest BCUT2D eigenvalue weighted by Gasteiger charge is 2.27. The van der Waals surface area contributed by atoms with Crippen molar-refractivity contribution < 1.29 is 14.0 Å². The molecule has 0 unspecified atom stereocenters. The Morgan fingerprint density at radius 1 is 1.28 bits per heavy atom. The van der Waals surface area contributed by atoms with Gasteiger partial charge in [0.1, 0.15) is 6.10 Å². The maximum absolute atomic E-state index is 6.30. The van der Waals surface area contributed by atoms with E-state index in [1.165, 1.54) is 12.8 Å². The van der Waals surface area contributed by atoms with Gasteiger partial charge in [-0.1, -0.05) is 0 Å². The SMILES string of the molecule is COc1cc(CN2CC[C@H](Oc3cccnc3N3CCCC3)C2)on1. The summed E-state index contributed by atoms with van der Waals surface area (Å²) in [6, 6.07) is 5.81. The maximum Gasteiger partial charge on any atom is 0.254 e. The Labute approximate surface area is 147 Å². The topological polar surface area (TPSA) is 63.9 Å². The Bertz CT molecular complexity index is 699. The summed E-state index contributed by atoms with van der Waals surface area (Å²) < 4.78 is 16.6. The summed E-state index contributed by atoms with van der Waals surface area (Å²) >= 11 is 0. The molecule has 0 aromatic carbocycles. The van der Waals surface area contributed by atoms with Crippen LogP contribution in [0.3, 0.4) is 0 Å². The lowest BCUT2D eigenvalue weighted by molar-refractivity contribution is 0.191. The van der Waals surface area contributed by atoms with Gasteiger partial charge in [0.05, 0.1) is 13.7 Å². The molecule has 2 fully saturated rings. The van der Waals surface area contributed by atoms with E-state index in [1.54, 1.807) is 7.11 Å². The van der Waals surface area contributed by atoms with Crippen molar-refractivity contribution in [3.8, 4) is 11.6 Å². The van der Waals surface area contributed by atoms with Crippen molar-refractivity contribution in [3.63, 3.8) is 0 Å². The summed E-state index contributed by atoms with van der Waals surface area (Å²) in [5.74, 6) is 3.22. The third-order valence-corrected chi connectivity index (χ3v) is 4.81. The molecule has 4 rings (SSSR count). The fourth-order valence-electron chi connectivity index (χ4n) is 3.54. The minimum atomic E-state index is 0.176. The van der Waals surface area contributed by atoms with Gasteiger partial charge in [0.15, 0.2) is 17.3 Å². The van der Waals surface area contributed by atoms with Gasteiger partial charge in [-0.05, 0) is 36.6 Å². The highest BCUT2D eigenvalue weighted by atomic mass is 16.5. The van der Waals surface area contributed by atoms with Gasteiger partial charge in [0.2, 0.25) is 0 Å². The molecule has 0 radical (unpaired) electrons. The van der Waals surface area contributed by atoms with Crippen LogP contribution in [0.1, 0.15) is 25.0 Å². The Kier molecular flexibility index (Phi) is 4.74. The number of hydrogen-bond donors (Lipinski definition) is 0. The summed E-state index contributed by atoms with van der Waals surface area (Å²) in [5.41, 5.74) is 0. The molecule has 1 atom stereocenters. The number of methoxy groups -OCH3 is 1. The minimum absolute atomic E-state index is 0.176. The zero-order chi connectivity index (χ0) is 17.1. The Morgan fingerprint density at radius 2 is 2.16 bits per heavy atom. The summed E-state index contributed by atoms with van der Waals surface area (Å²) in [6.45, 7) is 4.71. The van der Waals surface area contributed by atoms with Gasteiger partial charge in [-0.3, -0.25) is 4.90 Å². The van der Waals surface area contributed by atoms with Crippen LogP contribution in [0.25, 0.3) is 0 Å². The molecule has 134 valence electrons. The molecule has 0 saturated carbocycles. The van der Waals surface area contributed by atoms with E-state index in [2.05, 4.69) is 19.9 Å². The van der Waals surface area contributed by atoms with E-state index in [1.807, 2.05) is 24.4 Å². The molecule has 0 amide bonds. The van der Waals surface area contributed by atoms with Crippen LogP contribution in [0.5, 0.6) is 11.6 Å². The van der Waals surface area contributed by atoms with Gasteiger partial charge in [-0.25, -0.2) is 4.98 Å². The molecule has 25 heavy (non-hydrogen) atoms. The monoisotopic (exact) mass is 344 g/mol. The van der Waals surface area contributed by atoms with E-state index in [4.69, 9.17) is 14.0 Å². The summed E-state index contributed by atoms with van der Waals surface area (Å²) in [5, 5.41) is 3.85. The molecule has 0 N–H and O–H groups in total. The standard InChI is InChI=1S/C18H24N4O3/c1-23-17-11-15(25-20-17)13-21-10-6-14(12-21)24-16-5-4-7-19-18(16)22-8-2-3-9-22/h4-5,7,11,14H,2-3,6,8-10,12-13H2,1H3/t14-/m0/s1. The van der Waals surface area contributed by atoms with Crippen LogP contribution >= 0.6 is 0 Å². The van der Waals surface area contributed by atoms with Crippen molar-refractivity contribution in [1.82, 2.24) is 15.0 Å². The van der Waals surface area contributed by atoms with Crippen LogP contribution in [0.2, 0.25) is 0 Å². The number of aromatic nitrogens is 2. The first kappa shape index (κ1) is 16.2. The molecular formula is C18H24N4O3. The zero-order valence-electron chi connectivity index (χ0n) is 14.6. The van der Waals surface area contributed by atoms with Crippen LogP contribution < -0.4 is 14.4 Å². The number of hydrogen-bond acceptors (Lipinski definition) is 7. The van der Waals surface area contributed by atoms with Gasteiger partial charge < -0.3 is 18.9 Å². The number of nitrogens with zero attached hydrogens (tertiary/aromatic N) is 4. The molecule has 0 aliphatic carbocycles. The molecule has 2 aliphatic rings. The number of pyridine rings is 1.